The van der Waals surface area contributed by atoms with Crippen LogP contribution in [0.2, 0.25) is 0 Å². The third-order valence-corrected chi connectivity index (χ3v) is 2.46. The zero-order chi connectivity index (χ0) is 11.5. The van der Waals surface area contributed by atoms with Crippen LogP contribution in [0.4, 0.5) is 5.95 Å². The number of hydrogen-bond acceptors (Lipinski definition) is 4. The Morgan fingerprint density at radius 1 is 1.56 bits per heavy atom. The molecule has 0 radical (unpaired) electrons. The molecule has 5 heteroatoms. The molecule has 1 N–H and O–H groups in total. The number of nitrogens with zero attached hydrogens (tertiary/aromatic N) is 3. The maximum Gasteiger partial charge on any atom is 0.338 e. The molecule has 2 rings (SSSR count). The molecular weight excluding hydrogens is 206 g/mol. The van der Waals surface area contributed by atoms with Crippen LogP contribution in [0.15, 0.2) is 25.0 Å². The summed E-state index contributed by atoms with van der Waals surface area (Å²) in [6.45, 7) is 4.38. The molecule has 0 amide bonds. The maximum atomic E-state index is 10.6. The van der Waals surface area contributed by atoms with Gasteiger partial charge in [-0.3, -0.25) is 0 Å². The van der Waals surface area contributed by atoms with Crippen LogP contribution in [0, 0.1) is 0 Å². The highest BCUT2D eigenvalue weighted by atomic mass is 16.4. The molecule has 1 aliphatic rings. The molecule has 0 bridgehead atoms. The van der Waals surface area contributed by atoms with E-state index in [4.69, 9.17) is 5.11 Å². The van der Waals surface area contributed by atoms with Gasteiger partial charge in [0.2, 0.25) is 5.95 Å². The summed E-state index contributed by atoms with van der Waals surface area (Å²) < 4.78 is 0. The molecule has 0 spiro atoms. The fourth-order valence-electron chi connectivity index (χ4n) is 1.50. The predicted octanol–water partition coefficient (Wildman–Crippen LogP) is 1.33. The van der Waals surface area contributed by atoms with E-state index in [-0.39, 0.29) is 5.56 Å². The third kappa shape index (κ3) is 2.18. The van der Waals surface area contributed by atoms with Crippen molar-refractivity contribution in [3.05, 3.63) is 30.6 Å². The Morgan fingerprint density at radius 3 is 2.62 bits per heavy atom. The van der Waals surface area contributed by atoms with E-state index in [9.17, 15) is 4.79 Å². The molecule has 1 aromatic rings. The Balaban J connectivity index is 2.17. The summed E-state index contributed by atoms with van der Waals surface area (Å²) >= 11 is 0. The summed E-state index contributed by atoms with van der Waals surface area (Å²) in [6.07, 6.45) is 6.74. The number of carboxylic acids is 1. The van der Waals surface area contributed by atoms with Crippen molar-refractivity contribution < 1.29 is 9.90 Å². The highest BCUT2D eigenvalue weighted by molar-refractivity contribution is 5.86. The van der Waals surface area contributed by atoms with Gasteiger partial charge in [-0.1, -0.05) is 6.08 Å². The first-order chi connectivity index (χ1) is 7.72. The SMILES string of the molecule is C=CCN(c1ncc(C(=O)O)cn1)C1CC1. The minimum atomic E-state index is -1.01. The highest BCUT2D eigenvalue weighted by Gasteiger charge is 2.29. The lowest BCUT2D eigenvalue weighted by atomic mass is 10.3. The van der Waals surface area contributed by atoms with Crippen molar-refractivity contribution in [1.82, 2.24) is 9.97 Å². The van der Waals surface area contributed by atoms with Crippen LogP contribution < -0.4 is 4.90 Å². The number of rotatable bonds is 5. The van der Waals surface area contributed by atoms with Crippen molar-refractivity contribution in [2.24, 2.45) is 0 Å². The summed E-state index contributed by atoms with van der Waals surface area (Å²) in [5.41, 5.74) is 0.109. The van der Waals surface area contributed by atoms with E-state index in [1.54, 1.807) is 6.08 Å². The van der Waals surface area contributed by atoms with E-state index in [1.165, 1.54) is 12.4 Å². The fourth-order valence-corrected chi connectivity index (χ4v) is 1.50. The average molecular weight is 219 g/mol. The van der Waals surface area contributed by atoms with Gasteiger partial charge in [0, 0.05) is 25.0 Å². The van der Waals surface area contributed by atoms with Gasteiger partial charge >= 0.3 is 5.97 Å². The van der Waals surface area contributed by atoms with Crippen molar-refractivity contribution in [1.29, 1.82) is 0 Å². The number of hydrogen-bond donors (Lipinski definition) is 1. The van der Waals surface area contributed by atoms with E-state index >= 15 is 0 Å². The monoisotopic (exact) mass is 219 g/mol. The number of aromatic nitrogens is 2. The Kier molecular flexibility index (Phi) is 2.85. The lowest BCUT2D eigenvalue weighted by molar-refractivity contribution is 0.0696. The minimum Gasteiger partial charge on any atom is -0.478 e. The Bertz CT molecular complexity index is 398. The third-order valence-electron chi connectivity index (χ3n) is 2.46. The summed E-state index contributed by atoms with van der Waals surface area (Å²) in [5.74, 6) is -0.430. The lowest BCUT2D eigenvalue weighted by Crippen LogP contribution is -2.27. The minimum absolute atomic E-state index is 0.109. The molecule has 0 saturated heterocycles. The summed E-state index contributed by atoms with van der Waals surface area (Å²) in [7, 11) is 0. The molecule has 1 aliphatic carbocycles. The van der Waals surface area contributed by atoms with Gasteiger partial charge in [-0.05, 0) is 12.8 Å². The molecule has 1 fully saturated rings. The summed E-state index contributed by atoms with van der Waals surface area (Å²) in [4.78, 5) is 20.8. The van der Waals surface area contributed by atoms with Gasteiger partial charge in [0.15, 0.2) is 0 Å². The van der Waals surface area contributed by atoms with Crippen molar-refractivity contribution in [3.8, 4) is 0 Å². The molecule has 5 nitrogen and oxygen atoms in total. The molecule has 1 saturated carbocycles. The number of carboxylic acid groups (broad SMARTS) is 1. The van der Waals surface area contributed by atoms with Gasteiger partial charge in [-0.15, -0.1) is 6.58 Å². The van der Waals surface area contributed by atoms with Crippen LogP contribution in [-0.4, -0.2) is 33.6 Å². The first kappa shape index (κ1) is 10.6. The van der Waals surface area contributed by atoms with Gasteiger partial charge in [0.1, 0.15) is 0 Å². The second kappa shape index (κ2) is 4.30. The van der Waals surface area contributed by atoms with E-state index in [0.717, 1.165) is 12.8 Å². The van der Waals surface area contributed by atoms with E-state index in [2.05, 4.69) is 16.5 Å². The fraction of sp³-hybridized carbons (Fsp3) is 0.364. The zero-order valence-electron chi connectivity index (χ0n) is 8.83. The molecule has 0 aromatic carbocycles. The molecule has 0 unspecified atom stereocenters. The van der Waals surface area contributed by atoms with Crippen molar-refractivity contribution in [2.45, 2.75) is 18.9 Å². The highest BCUT2D eigenvalue weighted by Crippen LogP contribution is 2.29. The molecule has 1 aromatic heterocycles. The molecule has 0 atom stereocenters. The van der Waals surface area contributed by atoms with Gasteiger partial charge in [-0.2, -0.15) is 0 Å². The van der Waals surface area contributed by atoms with Crippen LogP contribution in [0.3, 0.4) is 0 Å². The number of aromatic carboxylic acids is 1. The van der Waals surface area contributed by atoms with Crippen LogP contribution in [-0.2, 0) is 0 Å². The van der Waals surface area contributed by atoms with Gasteiger partial charge in [0.25, 0.3) is 0 Å². The first-order valence-corrected chi connectivity index (χ1v) is 5.15. The van der Waals surface area contributed by atoms with Gasteiger partial charge in [0.05, 0.1) is 5.56 Å². The topological polar surface area (TPSA) is 66.3 Å². The maximum absolute atomic E-state index is 10.6. The Labute approximate surface area is 93.4 Å². The number of carbonyl (C=O) groups is 1. The summed E-state index contributed by atoms with van der Waals surface area (Å²) in [6, 6.07) is 0.480. The van der Waals surface area contributed by atoms with Crippen LogP contribution >= 0.6 is 0 Å². The number of anilines is 1. The standard InChI is InChI=1S/C11H13N3O2/c1-2-5-14(9-3-4-9)11-12-6-8(7-13-11)10(15)16/h2,6-7,9H,1,3-5H2,(H,15,16). The van der Waals surface area contributed by atoms with E-state index in [1.807, 2.05) is 4.90 Å². The van der Waals surface area contributed by atoms with Crippen LogP contribution in [0.1, 0.15) is 23.2 Å². The zero-order valence-corrected chi connectivity index (χ0v) is 8.83. The van der Waals surface area contributed by atoms with Gasteiger partial charge < -0.3 is 10.0 Å². The van der Waals surface area contributed by atoms with Crippen LogP contribution in [0.25, 0.3) is 0 Å². The lowest BCUT2D eigenvalue weighted by Gasteiger charge is -2.19. The van der Waals surface area contributed by atoms with Gasteiger partial charge in [-0.25, -0.2) is 14.8 Å². The normalized spacial score (nSPS) is 14.5. The quantitative estimate of drug-likeness (QED) is 0.757. The molecular formula is C11H13N3O2. The van der Waals surface area contributed by atoms with Crippen molar-refractivity contribution >= 4 is 11.9 Å². The second-order valence-corrected chi connectivity index (χ2v) is 3.75. The van der Waals surface area contributed by atoms with Crippen molar-refractivity contribution in [3.63, 3.8) is 0 Å². The predicted molar refractivity (Wildman–Crippen MR) is 59.6 cm³/mol. The second-order valence-electron chi connectivity index (χ2n) is 3.75. The molecule has 16 heavy (non-hydrogen) atoms. The Hall–Kier alpha value is -1.91. The van der Waals surface area contributed by atoms with Crippen LogP contribution in [0.5, 0.6) is 0 Å². The smallest absolute Gasteiger partial charge is 0.338 e. The largest absolute Gasteiger partial charge is 0.478 e. The summed E-state index contributed by atoms with van der Waals surface area (Å²) in [5, 5.41) is 8.73. The van der Waals surface area contributed by atoms with Crippen molar-refractivity contribution in [2.75, 3.05) is 11.4 Å². The Morgan fingerprint density at radius 2 is 2.19 bits per heavy atom. The molecule has 1 heterocycles. The molecule has 84 valence electrons. The van der Waals surface area contributed by atoms with E-state index in [0.29, 0.717) is 18.5 Å². The first-order valence-electron chi connectivity index (χ1n) is 5.15. The molecule has 0 aliphatic heterocycles. The average Bonchev–Trinajstić information content (AvgIpc) is 3.10. The van der Waals surface area contributed by atoms with E-state index < -0.39 is 5.97 Å².